The fraction of sp³-hybridized carbons (Fsp3) is 0.263. The number of anilines is 1. The highest BCUT2D eigenvalue weighted by Crippen LogP contribution is 2.10. The zero-order chi connectivity index (χ0) is 16.7. The lowest BCUT2D eigenvalue weighted by atomic mass is 10.1. The third-order valence-corrected chi connectivity index (χ3v) is 3.70. The molecule has 0 spiro atoms. The van der Waals surface area contributed by atoms with E-state index in [0.29, 0.717) is 12.2 Å². The van der Waals surface area contributed by atoms with Crippen molar-refractivity contribution in [1.82, 2.24) is 5.32 Å². The molecule has 2 aromatic carbocycles. The molecule has 0 aliphatic rings. The SMILES string of the molecule is CCc1ccc(NC(=O)CC(=O)NCc2ccccc2C)cc1. The Labute approximate surface area is 136 Å². The van der Waals surface area contributed by atoms with Gasteiger partial charge in [-0.15, -0.1) is 0 Å². The predicted octanol–water partition coefficient (Wildman–Crippen LogP) is 3.20. The van der Waals surface area contributed by atoms with E-state index in [-0.39, 0.29) is 18.2 Å². The van der Waals surface area contributed by atoms with Crippen LogP contribution in [-0.4, -0.2) is 11.8 Å². The second-order valence-corrected chi connectivity index (χ2v) is 5.48. The van der Waals surface area contributed by atoms with Gasteiger partial charge in [0.1, 0.15) is 6.42 Å². The van der Waals surface area contributed by atoms with E-state index in [1.807, 2.05) is 55.5 Å². The molecule has 2 N–H and O–H groups in total. The van der Waals surface area contributed by atoms with Gasteiger partial charge in [0.25, 0.3) is 0 Å². The average Bonchev–Trinajstić information content (AvgIpc) is 2.54. The second kappa shape index (κ2) is 8.13. The fourth-order valence-corrected chi connectivity index (χ4v) is 2.24. The molecule has 0 atom stereocenters. The molecule has 120 valence electrons. The van der Waals surface area contributed by atoms with Gasteiger partial charge in [-0.25, -0.2) is 0 Å². The van der Waals surface area contributed by atoms with Crippen molar-refractivity contribution >= 4 is 17.5 Å². The smallest absolute Gasteiger partial charge is 0.233 e. The topological polar surface area (TPSA) is 58.2 Å². The average molecular weight is 310 g/mol. The van der Waals surface area contributed by atoms with Crippen LogP contribution in [0, 0.1) is 6.92 Å². The Balaban J connectivity index is 1.80. The molecule has 0 aromatic heterocycles. The largest absolute Gasteiger partial charge is 0.352 e. The van der Waals surface area contributed by atoms with Gasteiger partial charge in [0.05, 0.1) is 0 Å². The van der Waals surface area contributed by atoms with Crippen LogP contribution in [0.3, 0.4) is 0 Å². The van der Waals surface area contributed by atoms with Crippen molar-refractivity contribution in [2.75, 3.05) is 5.32 Å². The van der Waals surface area contributed by atoms with Crippen LogP contribution in [0.25, 0.3) is 0 Å². The third kappa shape index (κ3) is 5.25. The summed E-state index contributed by atoms with van der Waals surface area (Å²) in [5.74, 6) is -0.590. The number of carbonyl (C=O) groups excluding carboxylic acids is 2. The van der Waals surface area contributed by atoms with Gasteiger partial charge < -0.3 is 10.6 Å². The van der Waals surface area contributed by atoms with Crippen LogP contribution in [0.2, 0.25) is 0 Å². The Bertz CT molecular complexity index is 678. The number of aryl methyl sites for hydroxylation is 2. The highest BCUT2D eigenvalue weighted by Gasteiger charge is 2.10. The summed E-state index contributed by atoms with van der Waals surface area (Å²) in [5, 5.41) is 5.51. The number of amides is 2. The summed E-state index contributed by atoms with van der Waals surface area (Å²) in [7, 11) is 0. The summed E-state index contributed by atoms with van der Waals surface area (Å²) in [6.07, 6.45) is 0.775. The zero-order valence-electron chi connectivity index (χ0n) is 13.6. The molecule has 2 amide bonds. The monoisotopic (exact) mass is 310 g/mol. The Morgan fingerprint density at radius 3 is 2.30 bits per heavy atom. The van der Waals surface area contributed by atoms with Crippen LogP contribution < -0.4 is 10.6 Å². The van der Waals surface area contributed by atoms with Gasteiger partial charge in [0.2, 0.25) is 11.8 Å². The van der Waals surface area contributed by atoms with Crippen LogP contribution in [0.1, 0.15) is 30.0 Å². The molecule has 0 saturated heterocycles. The normalized spacial score (nSPS) is 10.2. The van der Waals surface area contributed by atoms with Gasteiger partial charge in [0, 0.05) is 12.2 Å². The maximum atomic E-state index is 11.9. The zero-order valence-corrected chi connectivity index (χ0v) is 13.6. The first-order chi connectivity index (χ1) is 11.1. The molecule has 4 nitrogen and oxygen atoms in total. The van der Waals surface area contributed by atoms with E-state index in [2.05, 4.69) is 17.6 Å². The molecule has 23 heavy (non-hydrogen) atoms. The Kier molecular flexibility index (Phi) is 5.92. The van der Waals surface area contributed by atoms with Crippen LogP contribution in [0.15, 0.2) is 48.5 Å². The van der Waals surface area contributed by atoms with Gasteiger partial charge in [-0.3, -0.25) is 9.59 Å². The number of nitrogens with one attached hydrogen (secondary N) is 2. The first kappa shape index (κ1) is 16.7. The molecule has 2 rings (SSSR count). The molecule has 0 bridgehead atoms. The van der Waals surface area contributed by atoms with E-state index in [1.54, 1.807) is 0 Å². The van der Waals surface area contributed by atoms with E-state index in [1.165, 1.54) is 5.56 Å². The van der Waals surface area contributed by atoms with E-state index in [4.69, 9.17) is 0 Å². The summed E-state index contributed by atoms with van der Waals surface area (Å²) in [4.78, 5) is 23.7. The molecule has 4 heteroatoms. The van der Waals surface area contributed by atoms with Gasteiger partial charge in [0.15, 0.2) is 0 Å². The van der Waals surface area contributed by atoms with Crippen LogP contribution in [-0.2, 0) is 22.6 Å². The number of hydrogen-bond acceptors (Lipinski definition) is 2. The lowest BCUT2D eigenvalue weighted by molar-refractivity contribution is -0.126. The number of carbonyl (C=O) groups is 2. The minimum absolute atomic E-state index is 0.179. The van der Waals surface area contributed by atoms with Crippen molar-refractivity contribution in [2.45, 2.75) is 33.2 Å². The van der Waals surface area contributed by atoms with Crippen molar-refractivity contribution < 1.29 is 9.59 Å². The van der Waals surface area contributed by atoms with E-state index in [0.717, 1.165) is 17.5 Å². The summed E-state index contributed by atoms with van der Waals surface area (Å²) in [5.41, 5.74) is 4.09. The summed E-state index contributed by atoms with van der Waals surface area (Å²) in [6, 6.07) is 15.5. The van der Waals surface area contributed by atoms with E-state index >= 15 is 0 Å². The predicted molar refractivity (Wildman–Crippen MR) is 92.1 cm³/mol. The molecule has 2 aromatic rings. The third-order valence-electron chi connectivity index (χ3n) is 3.70. The summed E-state index contributed by atoms with van der Waals surface area (Å²) in [6.45, 7) is 4.50. The van der Waals surface area contributed by atoms with Crippen LogP contribution in [0.4, 0.5) is 5.69 Å². The van der Waals surface area contributed by atoms with E-state index in [9.17, 15) is 9.59 Å². The highest BCUT2D eigenvalue weighted by molar-refractivity contribution is 6.03. The molecule has 0 saturated carbocycles. The Hall–Kier alpha value is -2.62. The maximum Gasteiger partial charge on any atom is 0.233 e. The molecule has 0 fully saturated rings. The summed E-state index contributed by atoms with van der Waals surface area (Å²) >= 11 is 0. The van der Waals surface area contributed by atoms with Crippen molar-refractivity contribution in [1.29, 1.82) is 0 Å². The number of hydrogen-bond donors (Lipinski definition) is 2. The van der Waals surface area contributed by atoms with Gasteiger partial charge in [-0.05, 0) is 42.2 Å². The fourth-order valence-electron chi connectivity index (χ4n) is 2.24. The highest BCUT2D eigenvalue weighted by atomic mass is 16.2. The second-order valence-electron chi connectivity index (χ2n) is 5.48. The van der Waals surface area contributed by atoms with Gasteiger partial charge in [-0.1, -0.05) is 43.3 Å². The molecule has 0 radical (unpaired) electrons. The maximum absolute atomic E-state index is 11.9. The van der Waals surface area contributed by atoms with Crippen molar-refractivity contribution in [3.8, 4) is 0 Å². The first-order valence-electron chi connectivity index (χ1n) is 7.78. The van der Waals surface area contributed by atoms with E-state index < -0.39 is 0 Å². The lowest BCUT2D eigenvalue weighted by Gasteiger charge is -2.09. The van der Waals surface area contributed by atoms with Crippen molar-refractivity contribution in [3.63, 3.8) is 0 Å². The Morgan fingerprint density at radius 1 is 0.957 bits per heavy atom. The lowest BCUT2D eigenvalue weighted by Crippen LogP contribution is -2.28. The first-order valence-corrected chi connectivity index (χ1v) is 7.78. The van der Waals surface area contributed by atoms with Crippen LogP contribution in [0.5, 0.6) is 0 Å². The molecular weight excluding hydrogens is 288 g/mol. The summed E-state index contributed by atoms with van der Waals surface area (Å²) < 4.78 is 0. The molecule has 0 aliphatic carbocycles. The minimum atomic E-state index is -0.309. The minimum Gasteiger partial charge on any atom is -0.352 e. The van der Waals surface area contributed by atoms with Crippen molar-refractivity contribution in [3.05, 3.63) is 65.2 Å². The van der Waals surface area contributed by atoms with Crippen molar-refractivity contribution in [2.24, 2.45) is 0 Å². The molecular formula is C19H22N2O2. The van der Waals surface area contributed by atoms with Gasteiger partial charge in [-0.2, -0.15) is 0 Å². The standard InChI is InChI=1S/C19H22N2O2/c1-3-15-8-10-17(11-9-15)21-19(23)12-18(22)20-13-16-7-5-4-6-14(16)2/h4-11H,3,12-13H2,1-2H3,(H,20,22)(H,21,23). The van der Waals surface area contributed by atoms with Gasteiger partial charge >= 0.3 is 0 Å². The molecule has 0 heterocycles. The Morgan fingerprint density at radius 2 is 1.65 bits per heavy atom. The number of rotatable bonds is 6. The number of benzene rings is 2. The molecule has 0 aliphatic heterocycles. The molecule has 0 unspecified atom stereocenters. The quantitative estimate of drug-likeness (QED) is 0.805. The van der Waals surface area contributed by atoms with Crippen LogP contribution >= 0.6 is 0 Å².